The van der Waals surface area contributed by atoms with E-state index < -0.39 is 0 Å². The Labute approximate surface area is 123 Å². The fourth-order valence-corrected chi connectivity index (χ4v) is 2.19. The number of allylic oxidation sites excluding steroid dienone is 1. The molecule has 2 aromatic rings. The van der Waals surface area contributed by atoms with Crippen LogP contribution in [0.15, 0.2) is 54.6 Å². The van der Waals surface area contributed by atoms with Gasteiger partial charge in [-0.1, -0.05) is 48.0 Å². The molecule has 0 spiro atoms. The van der Waals surface area contributed by atoms with Gasteiger partial charge in [0.2, 0.25) is 0 Å². The number of benzene rings is 2. The normalized spacial score (nSPS) is 11.2. The maximum atomic E-state index is 11.3. The van der Waals surface area contributed by atoms with Crippen LogP contribution in [0.25, 0.3) is 16.7 Å². The second kappa shape index (κ2) is 6.40. The van der Waals surface area contributed by atoms with E-state index in [-0.39, 0.29) is 5.97 Å². The van der Waals surface area contributed by atoms with Gasteiger partial charge in [0, 0.05) is 16.7 Å². The molecule has 0 aliphatic heterocycles. The molecule has 0 bridgehead atoms. The van der Waals surface area contributed by atoms with Gasteiger partial charge in [-0.25, -0.2) is 4.79 Å². The second-order valence-electron chi connectivity index (χ2n) is 4.41. The molecular formula is C17H15ClO2. The van der Waals surface area contributed by atoms with Gasteiger partial charge in [0.15, 0.2) is 0 Å². The van der Waals surface area contributed by atoms with Crippen LogP contribution in [0.4, 0.5) is 0 Å². The Balaban J connectivity index is 2.41. The predicted octanol–water partition coefficient (Wildman–Crippen LogP) is 4.58. The SMILES string of the molecule is COC(=O)/C=C(\C)c1cccc(-c2ccccc2Cl)c1. The van der Waals surface area contributed by atoms with Gasteiger partial charge >= 0.3 is 5.97 Å². The van der Waals surface area contributed by atoms with Crippen LogP contribution >= 0.6 is 11.6 Å². The summed E-state index contributed by atoms with van der Waals surface area (Å²) < 4.78 is 4.64. The molecule has 0 aromatic heterocycles. The van der Waals surface area contributed by atoms with Crippen molar-refractivity contribution >= 4 is 23.1 Å². The smallest absolute Gasteiger partial charge is 0.330 e. The van der Waals surface area contributed by atoms with Crippen LogP contribution in [0.1, 0.15) is 12.5 Å². The summed E-state index contributed by atoms with van der Waals surface area (Å²) in [4.78, 5) is 11.3. The van der Waals surface area contributed by atoms with E-state index in [9.17, 15) is 4.79 Å². The Hall–Kier alpha value is -2.06. The van der Waals surface area contributed by atoms with Crippen molar-refractivity contribution < 1.29 is 9.53 Å². The van der Waals surface area contributed by atoms with E-state index in [1.54, 1.807) is 0 Å². The molecule has 2 aromatic carbocycles. The molecule has 0 saturated heterocycles. The van der Waals surface area contributed by atoms with Gasteiger partial charge in [-0.05, 0) is 35.8 Å². The molecule has 20 heavy (non-hydrogen) atoms. The Bertz CT molecular complexity index is 660. The molecule has 0 N–H and O–H groups in total. The van der Waals surface area contributed by atoms with Crippen LogP contribution in [0.3, 0.4) is 0 Å². The molecule has 102 valence electrons. The number of hydrogen-bond donors (Lipinski definition) is 0. The van der Waals surface area contributed by atoms with Crippen LogP contribution in [0.2, 0.25) is 5.02 Å². The number of carbonyl (C=O) groups excluding carboxylic acids is 1. The molecular weight excluding hydrogens is 272 g/mol. The topological polar surface area (TPSA) is 26.3 Å². The van der Waals surface area contributed by atoms with E-state index >= 15 is 0 Å². The van der Waals surface area contributed by atoms with Gasteiger partial charge in [0.1, 0.15) is 0 Å². The molecule has 0 aliphatic rings. The standard InChI is InChI=1S/C17H15ClO2/c1-12(10-17(19)20-2)13-6-5-7-14(11-13)15-8-3-4-9-16(15)18/h3-11H,1-2H3/b12-10+. The predicted molar refractivity (Wildman–Crippen MR) is 82.6 cm³/mol. The van der Waals surface area contributed by atoms with E-state index in [1.165, 1.54) is 13.2 Å². The summed E-state index contributed by atoms with van der Waals surface area (Å²) in [5, 5.41) is 0.708. The van der Waals surface area contributed by atoms with Crippen molar-refractivity contribution in [2.45, 2.75) is 6.92 Å². The van der Waals surface area contributed by atoms with E-state index in [1.807, 2.05) is 55.5 Å². The lowest BCUT2D eigenvalue weighted by atomic mass is 9.99. The summed E-state index contributed by atoms with van der Waals surface area (Å²) in [5.74, 6) is -0.356. The average molecular weight is 287 g/mol. The van der Waals surface area contributed by atoms with Gasteiger partial charge in [0.05, 0.1) is 7.11 Å². The third kappa shape index (κ3) is 3.28. The third-order valence-electron chi connectivity index (χ3n) is 3.04. The van der Waals surface area contributed by atoms with Gasteiger partial charge < -0.3 is 4.74 Å². The first-order valence-corrected chi connectivity index (χ1v) is 6.61. The summed E-state index contributed by atoms with van der Waals surface area (Å²) in [6.45, 7) is 1.88. The fraction of sp³-hybridized carbons (Fsp3) is 0.118. The number of carbonyl (C=O) groups is 1. The lowest BCUT2D eigenvalue weighted by Crippen LogP contribution is -1.95. The lowest BCUT2D eigenvalue weighted by Gasteiger charge is -2.07. The largest absolute Gasteiger partial charge is 0.466 e. The molecule has 0 amide bonds. The summed E-state index contributed by atoms with van der Waals surface area (Å²) >= 11 is 6.21. The van der Waals surface area contributed by atoms with Crippen LogP contribution in [-0.2, 0) is 9.53 Å². The maximum Gasteiger partial charge on any atom is 0.330 e. The maximum absolute atomic E-state index is 11.3. The molecule has 0 heterocycles. The molecule has 2 rings (SSSR count). The van der Waals surface area contributed by atoms with Crippen LogP contribution in [-0.4, -0.2) is 13.1 Å². The molecule has 0 fully saturated rings. The average Bonchev–Trinajstić information content (AvgIpc) is 2.47. The molecule has 0 atom stereocenters. The lowest BCUT2D eigenvalue weighted by molar-refractivity contribution is -0.134. The first kappa shape index (κ1) is 14.4. The summed E-state index contributed by atoms with van der Waals surface area (Å²) in [7, 11) is 1.37. The number of ether oxygens (including phenoxy) is 1. The van der Waals surface area contributed by atoms with Crippen molar-refractivity contribution in [3.63, 3.8) is 0 Å². The fourth-order valence-electron chi connectivity index (χ4n) is 1.95. The van der Waals surface area contributed by atoms with Crippen LogP contribution in [0, 0.1) is 0 Å². The van der Waals surface area contributed by atoms with Crippen molar-refractivity contribution in [2.24, 2.45) is 0 Å². The molecule has 0 radical (unpaired) electrons. The van der Waals surface area contributed by atoms with Crippen molar-refractivity contribution in [2.75, 3.05) is 7.11 Å². The minimum atomic E-state index is -0.356. The van der Waals surface area contributed by atoms with Crippen molar-refractivity contribution in [1.82, 2.24) is 0 Å². The highest BCUT2D eigenvalue weighted by Crippen LogP contribution is 2.29. The Morgan fingerprint density at radius 1 is 1.15 bits per heavy atom. The van der Waals surface area contributed by atoms with E-state index in [0.717, 1.165) is 22.3 Å². The number of halogens is 1. The zero-order valence-corrected chi connectivity index (χ0v) is 12.1. The Kier molecular flexibility index (Phi) is 4.59. The second-order valence-corrected chi connectivity index (χ2v) is 4.82. The van der Waals surface area contributed by atoms with Crippen molar-refractivity contribution in [3.8, 4) is 11.1 Å². The summed E-state index contributed by atoms with van der Waals surface area (Å²) in [6, 6.07) is 15.6. The van der Waals surface area contributed by atoms with Crippen molar-refractivity contribution in [1.29, 1.82) is 0 Å². The van der Waals surface area contributed by atoms with Gasteiger partial charge in [-0.15, -0.1) is 0 Å². The number of esters is 1. The minimum absolute atomic E-state index is 0.356. The zero-order chi connectivity index (χ0) is 14.5. The molecule has 2 nitrogen and oxygen atoms in total. The molecule has 3 heteroatoms. The Morgan fingerprint density at radius 3 is 2.60 bits per heavy atom. The number of methoxy groups -OCH3 is 1. The summed E-state index contributed by atoms with van der Waals surface area (Å²) in [5.41, 5.74) is 3.81. The van der Waals surface area contributed by atoms with E-state index in [0.29, 0.717) is 5.02 Å². The quantitative estimate of drug-likeness (QED) is 0.610. The number of hydrogen-bond acceptors (Lipinski definition) is 2. The van der Waals surface area contributed by atoms with Crippen LogP contribution in [0.5, 0.6) is 0 Å². The first-order chi connectivity index (χ1) is 9.61. The van der Waals surface area contributed by atoms with Crippen molar-refractivity contribution in [3.05, 3.63) is 65.2 Å². The molecule has 0 aliphatic carbocycles. The van der Waals surface area contributed by atoms with Gasteiger partial charge in [0.25, 0.3) is 0 Å². The van der Waals surface area contributed by atoms with Crippen LogP contribution < -0.4 is 0 Å². The highest BCUT2D eigenvalue weighted by molar-refractivity contribution is 6.33. The summed E-state index contributed by atoms with van der Waals surface area (Å²) in [6.07, 6.45) is 1.48. The minimum Gasteiger partial charge on any atom is -0.466 e. The third-order valence-corrected chi connectivity index (χ3v) is 3.37. The molecule has 0 saturated carbocycles. The highest BCUT2D eigenvalue weighted by atomic mass is 35.5. The van der Waals surface area contributed by atoms with Gasteiger partial charge in [-0.3, -0.25) is 0 Å². The van der Waals surface area contributed by atoms with E-state index in [4.69, 9.17) is 11.6 Å². The zero-order valence-electron chi connectivity index (χ0n) is 11.4. The number of rotatable bonds is 3. The first-order valence-electron chi connectivity index (χ1n) is 6.23. The Morgan fingerprint density at radius 2 is 1.90 bits per heavy atom. The highest BCUT2D eigenvalue weighted by Gasteiger charge is 2.05. The van der Waals surface area contributed by atoms with Gasteiger partial charge in [-0.2, -0.15) is 0 Å². The monoisotopic (exact) mass is 286 g/mol. The van der Waals surface area contributed by atoms with E-state index in [2.05, 4.69) is 4.74 Å². The molecule has 0 unspecified atom stereocenters.